The number of phenols is 1. The second-order valence-corrected chi connectivity index (χ2v) is 5.43. The van der Waals surface area contributed by atoms with Crippen LogP contribution in [0.4, 0.5) is 5.69 Å². The number of hydrogen-bond donors (Lipinski definition) is 1. The van der Waals surface area contributed by atoms with Crippen LogP contribution < -0.4 is 4.90 Å². The summed E-state index contributed by atoms with van der Waals surface area (Å²) in [5, 5.41) is 10.4. The third-order valence-corrected chi connectivity index (χ3v) is 4.08. The van der Waals surface area contributed by atoms with Gasteiger partial charge >= 0.3 is 5.97 Å². The molecule has 0 atom stereocenters. The van der Waals surface area contributed by atoms with E-state index in [1.165, 1.54) is 20.0 Å². The summed E-state index contributed by atoms with van der Waals surface area (Å²) in [5.74, 6) is -0.223. The Bertz CT molecular complexity index is 690. The average molecular weight is 297 g/mol. The van der Waals surface area contributed by atoms with Crippen molar-refractivity contribution < 1.29 is 14.6 Å². The number of carbonyl (C=O) groups is 1. The molecule has 114 valence electrons. The number of nitrogens with zero attached hydrogens (tertiary/aromatic N) is 1. The SMILES string of the molecule is COC(=O)c1ccccc1-c1ccc(N2CCCC2)cc1O. The van der Waals surface area contributed by atoms with Crippen molar-refractivity contribution in [1.82, 2.24) is 0 Å². The van der Waals surface area contributed by atoms with Gasteiger partial charge in [-0.15, -0.1) is 0 Å². The van der Waals surface area contributed by atoms with E-state index in [2.05, 4.69) is 4.90 Å². The number of rotatable bonds is 3. The van der Waals surface area contributed by atoms with Gasteiger partial charge in [-0.25, -0.2) is 4.79 Å². The fraction of sp³-hybridized carbons (Fsp3) is 0.278. The van der Waals surface area contributed by atoms with Crippen LogP contribution >= 0.6 is 0 Å². The molecule has 22 heavy (non-hydrogen) atoms. The van der Waals surface area contributed by atoms with Gasteiger partial charge in [0.15, 0.2) is 0 Å². The fourth-order valence-corrected chi connectivity index (χ4v) is 2.93. The van der Waals surface area contributed by atoms with E-state index in [4.69, 9.17) is 4.74 Å². The van der Waals surface area contributed by atoms with Crippen LogP contribution in [0.5, 0.6) is 5.75 Å². The lowest BCUT2D eigenvalue weighted by molar-refractivity contribution is 0.0601. The molecule has 4 heteroatoms. The van der Waals surface area contributed by atoms with Gasteiger partial charge in [0.2, 0.25) is 0 Å². The molecule has 0 spiro atoms. The van der Waals surface area contributed by atoms with Gasteiger partial charge < -0.3 is 14.7 Å². The lowest BCUT2D eigenvalue weighted by Gasteiger charge is -2.19. The Hall–Kier alpha value is -2.49. The molecule has 1 fully saturated rings. The molecule has 2 aromatic carbocycles. The van der Waals surface area contributed by atoms with Gasteiger partial charge in [0.1, 0.15) is 5.75 Å². The van der Waals surface area contributed by atoms with Crippen LogP contribution in [0.3, 0.4) is 0 Å². The Morgan fingerprint density at radius 2 is 1.82 bits per heavy atom. The lowest BCUT2D eigenvalue weighted by Crippen LogP contribution is -2.17. The van der Waals surface area contributed by atoms with Gasteiger partial charge in [-0.05, 0) is 36.6 Å². The van der Waals surface area contributed by atoms with Crippen LogP contribution in [-0.4, -0.2) is 31.3 Å². The molecule has 0 radical (unpaired) electrons. The quantitative estimate of drug-likeness (QED) is 0.882. The standard InChI is InChI=1S/C18H19NO3/c1-22-18(21)16-7-3-2-6-14(16)15-9-8-13(12-17(15)20)19-10-4-5-11-19/h2-3,6-9,12,20H,4-5,10-11H2,1H3. The first-order valence-electron chi connectivity index (χ1n) is 7.46. The molecule has 0 saturated carbocycles. The van der Waals surface area contributed by atoms with Crippen LogP contribution in [-0.2, 0) is 4.74 Å². The van der Waals surface area contributed by atoms with Gasteiger partial charge in [0.05, 0.1) is 12.7 Å². The summed E-state index contributed by atoms with van der Waals surface area (Å²) in [6.07, 6.45) is 2.38. The molecule has 1 aliphatic heterocycles. The van der Waals surface area contributed by atoms with Gasteiger partial charge in [-0.2, -0.15) is 0 Å². The lowest BCUT2D eigenvalue weighted by atomic mass is 9.98. The molecule has 3 rings (SSSR count). The molecule has 0 aliphatic carbocycles. The zero-order chi connectivity index (χ0) is 15.5. The number of phenolic OH excluding ortho intramolecular Hbond substituents is 1. The second-order valence-electron chi connectivity index (χ2n) is 5.43. The molecule has 4 nitrogen and oxygen atoms in total. The molecular weight excluding hydrogens is 278 g/mol. The van der Waals surface area contributed by atoms with Crippen LogP contribution in [0.25, 0.3) is 11.1 Å². The number of esters is 1. The predicted molar refractivity (Wildman–Crippen MR) is 86.3 cm³/mol. The first kappa shape index (κ1) is 14.4. The molecule has 0 unspecified atom stereocenters. The van der Waals surface area contributed by atoms with E-state index in [1.807, 2.05) is 24.3 Å². The number of benzene rings is 2. The molecule has 2 aromatic rings. The number of methoxy groups -OCH3 is 1. The Labute approximate surface area is 130 Å². The smallest absolute Gasteiger partial charge is 0.338 e. The highest BCUT2D eigenvalue weighted by atomic mass is 16.5. The maximum atomic E-state index is 11.9. The molecule has 1 aliphatic rings. The number of ether oxygens (including phenoxy) is 1. The van der Waals surface area contributed by atoms with E-state index in [-0.39, 0.29) is 5.75 Å². The number of carbonyl (C=O) groups excluding carboxylic acids is 1. The summed E-state index contributed by atoms with van der Waals surface area (Å²) >= 11 is 0. The molecule has 1 saturated heterocycles. The first-order valence-corrected chi connectivity index (χ1v) is 7.46. The Kier molecular flexibility index (Phi) is 4.00. The third-order valence-electron chi connectivity index (χ3n) is 4.08. The van der Waals surface area contributed by atoms with Gasteiger partial charge in [0.25, 0.3) is 0 Å². The molecule has 1 N–H and O–H groups in total. The van der Waals surface area contributed by atoms with Crippen LogP contribution in [0.15, 0.2) is 42.5 Å². The summed E-state index contributed by atoms with van der Waals surface area (Å²) in [4.78, 5) is 14.1. The van der Waals surface area contributed by atoms with Gasteiger partial charge in [-0.3, -0.25) is 0 Å². The van der Waals surface area contributed by atoms with E-state index < -0.39 is 5.97 Å². The zero-order valence-corrected chi connectivity index (χ0v) is 12.6. The Morgan fingerprint density at radius 1 is 1.09 bits per heavy atom. The largest absolute Gasteiger partial charge is 0.507 e. The van der Waals surface area contributed by atoms with E-state index in [0.29, 0.717) is 16.7 Å². The van der Waals surface area contributed by atoms with Crippen molar-refractivity contribution in [3.63, 3.8) is 0 Å². The maximum Gasteiger partial charge on any atom is 0.338 e. The zero-order valence-electron chi connectivity index (χ0n) is 12.6. The second kappa shape index (κ2) is 6.10. The van der Waals surface area contributed by atoms with Crippen molar-refractivity contribution in [3.05, 3.63) is 48.0 Å². The van der Waals surface area contributed by atoms with Crippen molar-refractivity contribution in [2.24, 2.45) is 0 Å². The highest BCUT2D eigenvalue weighted by molar-refractivity contribution is 5.98. The summed E-state index contributed by atoms with van der Waals surface area (Å²) in [7, 11) is 1.36. The van der Waals surface area contributed by atoms with Crippen molar-refractivity contribution >= 4 is 11.7 Å². The summed E-state index contributed by atoms with van der Waals surface area (Å²) in [6, 6.07) is 12.8. The van der Waals surface area contributed by atoms with Crippen LogP contribution in [0, 0.1) is 0 Å². The highest BCUT2D eigenvalue weighted by Gasteiger charge is 2.17. The van der Waals surface area contributed by atoms with Gasteiger partial charge in [-0.1, -0.05) is 18.2 Å². The van der Waals surface area contributed by atoms with Crippen molar-refractivity contribution in [3.8, 4) is 16.9 Å². The topological polar surface area (TPSA) is 49.8 Å². The van der Waals surface area contributed by atoms with Crippen molar-refractivity contribution in [1.29, 1.82) is 0 Å². The van der Waals surface area contributed by atoms with E-state index in [9.17, 15) is 9.90 Å². The van der Waals surface area contributed by atoms with E-state index in [1.54, 1.807) is 18.2 Å². The van der Waals surface area contributed by atoms with Crippen molar-refractivity contribution in [2.45, 2.75) is 12.8 Å². The molecule has 1 heterocycles. The van der Waals surface area contributed by atoms with E-state index >= 15 is 0 Å². The van der Waals surface area contributed by atoms with Gasteiger partial charge in [0, 0.05) is 30.4 Å². The third kappa shape index (κ3) is 2.64. The fourth-order valence-electron chi connectivity index (χ4n) is 2.93. The van der Waals surface area contributed by atoms with Crippen LogP contribution in [0.1, 0.15) is 23.2 Å². The minimum atomic E-state index is -0.404. The Morgan fingerprint density at radius 3 is 2.50 bits per heavy atom. The van der Waals surface area contributed by atoms with Crippen LogP contribution in [0.2, 0.25) is 0 Å². The normalized spacial score (nSPS) is 14.1. The Balaban J connectivity index is 2.00. The predicted octanol–water partition coefficient (Wildman–Crippen LogP) is 3.45. The highest BCUT2D eigenvalue weighted by Crippen LogP contribution is 2.35. The minimum Gasteiger partial charge on any atom is -0.507 e. The molecule has 0 aromatic heterocycles. The van der Waals surface area contributed by atoms with E-state index in [0.717, 1.165) is 18.8 Å². The molecule has 0 amide bonds. The molecule has 0 bridgehead atoms. The summed E-state index contributed by atoms with van der Waals surface area (Å²) in [6.45, 7) is 2.05. The number of hydrogen-bond acceptors (Lipinski definition) is 4. The molecular formula is C18H19NO3. The number of aromatic hydroxyl groups is 1. The monoisotopic (exact) mass is 297 g/mol. The number of anilines is 1. The first-order chi connectivity index (χ1) is 10.7. The summed E-state index contributed by atoms with van der Waals surface area (Å²) in [5.41, 5.74) is 2.80. The minimum absolute atomic E-state index is 0.181. The average Bonchev–Trinajstić information content (AvgIpc) is 3.08. The van der Waals surface area contributed by atoms with Crippen molar-refractivity contribution in [2.75, 3.05) is 25.1 Å². The summed E-state index contributed by atoms with van der Waals surface area (Å²) < 4.78 is 4.81. The maximum absolute atomic E-state index is 11.9.